The van der Waals surface area contributed by atoms with Gasteiger partial charge in [0.15, 0.2) is 0 Å². The first-order valence-electron chi connectivity index (χ1n) is 8.89. The summed E-state index contributed by atoms with van der Waals surface area (Å²) < 4.78 is 7.01. The van der Waals surface area contributed by atoms with E-state index in [2.05, 4.69) is 27.3 Å². The molecule has 140 valence electrons. The number of aromatic nitrogens is 2. The number of piperazine rings is 1. The lowest BCUT2D eigenvalue weighted by atomic mass is 10.1. The molecule has 1 aliphatic heterocycles. The van der Waals surface area contributed by atoms with Crippen LogP contribution in [0.5, 0.6) is 0 Å². The summed E-state index contributed by atoms with van der Waals surface area (Å²) >= 11 is 0. The van der Waals surface area contributed by atoms with Gasteiger partial charge in [-0.25, -0.2) is 0 Å². The second-order valence-electron chi connectivity index (χ2n) is 6.70. The Hall–Kier alpha value is -2.38. The van der Waals surface area contributed by atoms with Crippen LogP contribution in [0.15, 0.2) is 36.5 Å². The van der Waals surface area contributed by atoms with E-state index >= 15 is 0 Å². The number of carbonyl (C=O) groups excluding carboxylic acids is 1. The molecular weight excluding hydrogens is 330 g/mol. The molecule has 1 aromatic carbocycles. The number of carbonyl (C=O) groups is 1. The van der Waals surface area contributed by atoms with Crippen LogP contribution in [0.25, 0.3) is 0 Å². The number of ether oxygens (including phenoxy) is 1. The van der Waals surface area contributed by atoms with E-state index in [9.17, 15) is 4.79 Å². The average Bonchev–Trinajstić information content (AvgIpc) is 3.08. The highest BCUT2D eigenvalue weighted by Crippen LogP contribution is 2.18. The van der Waals surface area contributed by atoms with Crippen LogP contribution >= 0.6 is 0 Å². The number of methoxy groups -OCH3 is 1. The summed E-state index contributed by atoms with van der Waals surface area (Å²) in [7, 11) is 5.62. The van der Waals surface area contributed by atoms with Gasteiger partial charge in [-0.2, -0.15) is 5.10 Å². The Morgan fingerprint density at radius 3 is 2.42 bits per heavy atom. The second kappa shape index (κ2) is 8.33. The second-order valence-corrected chi connectivity index (χ2v) is 6.70. The minimum atomic E-state index is -0.239. The van der Waals surface area contributed by atoms with Crippen molar-refractivity contribution in [1.82, 2.24) is 20.0 Å². The summed E-state index contributed by atoms with van der Waals surface area (Å²) in [5.41, 5.74) is 2.72. The fourth-order valence-corrected chi connectivity index (χ4v) is 3.22. The fourth-order valence-electron chi connectivity index (χ4n) is 3.22. The predicted octanol–water partition coefficient (Wildman–Crippen LogP) is 1.29. The van der Waals surface area contributed by atoms with E-state index in [1.807, 2.05) is 37.4 Å². The first-order chi connectivity index (χ1) is 12.6. The van der Waals surface area contributed by atoms with Crippen molar-refractivity contribution in [2.24, 2.45) is 7.05 Å². The van der Waals surface area contributed by atoms with E-state index in [1.165, 1.54) is 0 Å². The van der Waals surface area contributed by atoms with Gasteiger partial charge in [0.05, 0.1) is 18.3 Å². The zero-order chi connectivity index (χ0) is 18.5. The van der Waals surface area contributed by atoms with E-state index in [1.54, 1.807) is 18.0 Å². The van der Waals surface area contributed by atoms with Crippen LogP contribution in [0.2, 0.25) is 0 Å². The zero-order valence-electron chi connectivity index (χ0n) is 15.7. The molecule has 2 heterocycles. The first-order valence-corrected chi connectivity index (χ1v) is 8.89. The first kappa shape index (κ1) is 18.4. The molecule has 0 aliphatic carbocycles. The highest BCUT2D eigenvalue weighted by Gasteiger charge is 2.19. The van der Waals surface area contributed by atoms with Crippen molar-refractivity contribution in [3.05, 3.63) is 47.8 Å². The molecule has 3 rings (SSSR count). The van der Waals surface area contributed by atoms with Crippen LogP contribution in [0.1, 0.15) is 22.1 Å². The largest absolute Gasteiger partial charge is 0.382 e. The Labute approximate surface area is 154 Å². The predicted molar refractivity (Wildman–Crippen MR) is 101 cm³/mol. The fraction of sp³-hybridized carbons (Fsp3) is 0.474. The van der Waals surface area contributed by atoms with Gasteiger partial charge in [-0.05, 0) is 37.4 Å². The zero-order valence-corrected chi connectivity index (χ0v) is 15.7. The van der Waals surface area contributed by atoms with Crippen molar-refractivity contribution < 1.29 is 9.53 Å². The van der Waals surface area contributed by atoms with Gasteiger partial charge < -0.3 is 19.9 Å². The van der Waals surface area contributed by atoms with Gasteiger partial charge in [-0.3, -0.25) is 9.48 Å². The van der Waals surface area contributed by atoms with Crippen LogP contribution in [0.4, 0.5) is 5.69 Å². The molecule has 0 bridgehead atoms. The van der Waals surface area contributed by atoms with Crippen molar-refractivity contribution in [1.29, 1.82) is 0 Å². The molecule has 1 fully saturated rings. The van der Waals surface area contributed by atoms with Gasteiger partial charge in [0.2, 0.25) is 0 Å². The minimum Gasteiger partial charge on any atom is -0.382 e. The Morgan fingerprint density at radius 2 is 1.85 bits per heavy atom. The maximum atomic E-state index is 12.7. The molecule has 1 N–H and O–H groups in total. The third kappa shape index (κ3) is 4.23. The third-order valence-electron chi connectivity index (χ3n) is 4.85. The molecule has 26 heavy (non-hydrogen) atoms. The van der Waals surface area contributed by atoms with E-state index in [0.717, 1.165) is 37.6 Å². The number of nitrogens with zero attached hydrogens (tertiary/aromatic N) is 4. The lowest BCUT2D eigenvalue weighted by Gasteiger charge is -2.34. The minimum absolute atomic E-state index is 0.113. The topological polar surface area (TPSA) is 62.6 Å². The number of hydrogen-bond donors (Lipinski definition) is 1. The molecule has 7 nitrogen and oxygen atoms in total. The number of amides is 1. The Bertz CT molecular complexity index is 720. The highest BCUT2D eigenvalue weighted by molar-refractivity contribution is 5.94. The molecule has 1 saturated heterocycles. The van der Waals surface area contributed by atoms with E-state index < -0.39 is 0 Å². The third-order valence-corrected chi connectivity index (χ3v) is 4.85. The van der Waals surface area contributed by atoms with Gasteiger partial charge in [0.25, 0.3) is 5.91 Å². The van der Waals surface area contributed by atoms with Crippen molar-refractivity contribution in [3.63, 3.8) is 0 Å². The Balaban J connectivity index is 1.66. The summed E-state index contributed by atoms with van der Waals surface area (Å²) in [6.07, 6.45) is 1.72. The molecule has 1 aromatic heterocycles. The number of benzene rings is 1. The smallest absolute Gasteiger partial charge is 0.251 e. The van der Waals surface area contributed by atoms with Crippen molar-refractivity contribution in [2.45, 2.75) is 6.04 Å². The molecule has 0 saturated carbocycles. The highest BCUT2D eigenvalue weighted by atomic mass is 16.5. The van der Waals surface area contributed by atoms with E-state index in [0.29, 0.717) is 12.2 Å². The van der Waals surface area contributed by atoms with Crippen molar-refractivity contribution >= 4 is 11.6 Å². The van der Waals surface area contributed by atoms with Crippen molar-refractivity contribution in [2.75, 3.05) is 51.8 Å². The number of aryl methyl sites for hydroxylation is 1. The SMILES string of the molecule is COC[C@H](NC(=O)c1ccc(N2CCN(C)CC2)cc1)c1ccnn1C. The van der Waals surface area contributed by atoms with Gasteiger partial charge in [-0.15, -0.1) is 0 Å². The number of anilines is 1. The standard InChI is InChI=1S/C19H27N5O2/c1-22-10-12-24(13-11-22)16-6-4-15(5-7-16)19(25)21-17(14-26-3)18-8-9-20-23(18)2/h4-9,17H,10-14H2,1-3H3,(H,21,25)/t17-/m0/s1. The van der Waals surface area contributed by atoms with Crippen molar-refractivity contribution in [3.8, 4) is 0 Å². The molecule has 0 spiro atoms. The number of hydrogen-bond acceptors (Lipinski definition) is 5. The average molecular weight is 357 g/mol. The molecular formula is C19H27N5O2. The number of nitrogens with one attached hydrogen (secondary N) is 1. The van der Waals surface area contributed by atoms with Gasteiger partial charge >= 0.3 is 0 Å². The summed E-state index contributed by atoms with van der Waals surface area (Å²) in [6.45, 7) is 4.54. The van der Waals surface area contributed by atoms with Gasteiger partial charge in [0, 0.05) is 57.8 Å². The normalized spacial score (nSPS) is 16.5. The Morgan fingerprint density at radius 1 is 1.15 bits per heavy atom. The summed E-state index contributed by atoms with van der Waals surface area (Å²) in [5.74, 6) is -0.113. The van der Waals surface area contributed by atoms with E-state index in [4.69, 9.17) is 4.74 Å². The monoisotopic (exact) mass is 357 g/mol. The van der Waals surface area contributed by atoms with Crippen LogP contribution in [0, 0.1) is 0 Å². The number of rotatable bonds is 6. The molecule has 2 aromatic rings. The van der Waals surface area contributed by atoms with Crippen LogP contribution in [0.3, 0.4) is 0 Å². The van der Waals surface area contributed by atoms with Gasteiger partial charge in [-0.1, -0.05) is 0 Å². The molecule has 0 unspecified atom stereocenters. The van der Waals surface area contributed by atoms with Crippen LogP contribution < -0.4 is 10.2 Å². The molecule has 0 radical (unpaired) electrons. The maximum Gasteiger partial charge on any atom is 0.251 e. The Kier molecular flexibility index (Phi) is 5.90. The van der Waals surface area contributed by atoms with E-state index in [-0.39, 0.29) is 11.9 Å². The van der Waals surface area contributed by atoms with Crippen LogP contribution in [-0.4, -0.2) is 67.5 Å². The lowest BCUT2D eigenvalue weighted by Crippen LogP contribution is -2.44. The number of likely N-dealkylation sites (N-methyl/N-ethyl adjacent to an activating group) is 1. The van der Waals surface area contributed by atoms with Gasteiger partial charge in [0.1, 0.15) is 0 Å². The quantitative estimate of drug-likeness (QED) is 0.844. The molecule has 1 amide bonds. The summed E-state index contributed by atoms with van der Waals surface area (Å²) in [4.78, 5) is 17.3. The van der Waals surface area contributed by atoms with Crippen LogP contribution in [-0.2, 0) is 11.8 Å². The molecule has 1 atom stereocenters. The summed E-state index contributed by atoms with van der Waals surface area (Å²) in [6, 6.07) is 9.47. The molecule has 7 heteroatoms. The molecule has 1 aliphatic rings. The maximum absolute atomic E-state index is 12.7. The lowest BCUT2D eigenvalue weighted by molar-refractivity contribution is 0.0892. The summed E-state index contributed by atoms with van der Waals surface area (Å²) in [5, 5.41) is 7.21.